The molecule has 1 heterocycles. The lowest BCUT2D eigenvalue weighted by molar-refractivity contribution is -0.138. The van der Waals surface area contributed by atoms with Gasteiger partial charge in [-0.15, -0.1) is 0 Å². The zero-order chi connectivity index (χ0) is 20.1. The number of carbonyl (C=O) groups is 1. The molecule has 146 valence electrons. The van der Waals surface area contributed by atoms with E-state index in [0.29, 0.717) is 27.9 Å². The van der Waals surface area contributed by atoms with E-state index in [4.69, 9.17) is 26.4 Å². The van der Waals surface area contributed by atoms with Crippen molar-refractivity contribution < 1.29 is 19.0 Å². The third-order valence-corrected chi connectivity index (χ3v) is 4.59. The number of carbonyl (C=O) groups excluding carboxylic acids is 1. The van der Waals surface area contributed by atoms with Crippen LogP contribution < -0.4 is 20.1 Å². The van der Waals surface area contributed by atoms with Gasteiger partial charge < -0.3 is 24.8 Å². The molecule has 2 aromatic rings. The molecule has 28 heavy (non-hydrogen) atoms. The lowest BCUT2D eigenvalue weighted by atomic mass is 9.92. The monoisotopic (exact) mass is 398 g/mol. The molecule has 2 aromatic carbocycles. The molecule has 6 nitrogen and oxygen atoms in total. The number of hydrogen-bond acceptors (Lipinski definition) is 5. The van der Waals surface area contributed by atoms with Gasteiger partial charge in [-0.25, -0.2) is 4.79 Å². The van der Waals surface area contributed by atoms with E-state index in [1.54, 1.807) is 27.2 Å². The summed E-state index contributed by atoms with van der Waals surface area (Å²) in [5.41, 5.74) is 2.73. The number of methoxy groups -OCH3 is 2. The van der Waals surface area contributed by atoms with Gasteiger partial charge in [0.25, 0.3) is 0 Å². The van der Waals surface area contributed by atoms with Gasteiger partial charge in [-0.05, 0) is 42.4 Å². The molecule has 0 unspecified atom stereocenters. The van der Waals surface area contributed by atoms with Crippen LogP contribution in [0.15, 0.2) is 54.1 Å². The van der Waals surface area contributed by atoms with Crippen molar-refractivity contribution in [3.63, 3.8) is 0 Å². The van der Waals surface area contributed by atoms with Gasteiger partial charge in [0.2, 0.25) is 0 Å². The van der Waals surface area contributed by atoms with E-state index in [-0.39, 0.29) is 6.61 Å². The first-order valence-electron chi connectivity index (χ1n) is 8.85. The topological polar surface area (TPSA) is 68.8 Å². The molecule has 3 rings (SSSR count). The summed E-state index contributed by atoms with van der Waals surface area (Å²) in [4.78, 5) is 12.9. The fourth-order valence-corrected chi connectivity index (χ4v) is 3.33. The second kappa shape index (κ2) is 8.75. The van der Waals surface area contributed by atoms with Gasteiger partial charge in [-0.2, -0.15) is 0 Å². The normalized spacial score (nSPS) is 16.1. The van der Waals surface area contributed by atoms with Gasteiger partial charge in [0, 0.05) is 0 Å². The summed E-state index contributed by atoms with van der Waals surface area (Å²) in [5, 5.41) is 6.71. The lowest BCUT2D eigenvalue weighted by Crippen LogP contribution is -2.45. The zero-order valence-corrected chi connectivity index (χ0v) is 16.8. The van der Waals surface area contributed by atoms with Crippen LogP contribution in [0.2, 0.25) is 0 Å². The van der Waals surface area contributed by atoms with Crippen LogP contribution in [0.4, 0.5) is 0 Å². The van der Waals surface area contributed by atoms with E-state index in [1.807, 2.05) is 42.5 Å². The summed E-state index contributed by atoms with van der Waals surface area (Å²) in [6.07, 6.45) is 0. The number of hydrogen-bond donors (Lipinski definition) is 2. The van der Waals surface area contributed by atoms with Gasteiger partial charge in [0.1, 0.15) is 0 Å². The first kappa shape index (κ1) is 19.7. The van der Waals surface area contributed by atoms with Crippen molar-refractivity contribution >= 4 is 29.0 Å². The highest BCUT2D eigenvalue weighted by Gasteiger charge is 2.33. The van der Waals surface area contributed by atoms with Crippen LogP contribution in [0, 0.1) is 0 Å². The Morgan fingerprint density at radius 2 is 1.79 bits per heavy atom. The first-order valence-corrected chi connectivity index (χ1v) is 9.26. The van der Waals surface area contributed by atoms with E-state index in [9.17, 15) is 4.79 Å². The van der Waals surface area contributed by atoms with E-state index >= 15 is 0 Å². The van der Waals surface area contributed by atoms with E-state index < -0.39 is 12.0 Å². The second-order valence-electron chi connectivity index (χ2n) is 6.02. The summed E-state index contributed by atoms with van der Waals surface area (Å²) < 4.78 is 16.1. The number of ether oxygens (including phenoxy) is 3. The van der Waals surface area contributed by atoms with Crippen LogP contribution in [0.3, 0.4) is 0 Å². The van der Waals surface area contributed by atoms with Crippen LogP contribution in [0.5, 0.6) is 11.5 Å². The van der Waals surface area contributed by atoms with Gasteiger partial charge in [0.05, 0.1) is 38.1 Å². The minimum absolute atomic E-state index is 0.271. The van der Waals surface area contributed by atoms with Gasteiger partial charge in [0.15, 0.2) is 16.6 Å². The third kappa shape index (κ3) is 3.94. The summed E-state index contributed by atoms with van der Waals surface area (Å²) in [6, 6.07) is 14.6. The molecular weight excluding hydrogens is 376 g/mol. The van der Waals surface area contributed by atoms with Gasteiger partial charge >= 0.3 is 5.97 Å². The van der Waals surface area contributed by atoms with Crippen molar-refractivity contribution in [3.05, 3.63) is 65.2 Å². The van der Waals surface area contributed by atoms with Crippen molar-refractivity contribution in [1.29, 1.82) is 0 Å². The smallest absolute Gasteiger partial charge is 0.338 e. The molecule has 1 aliphatic heterocycles. The lowest BCUT2D eigenvalue weighted by Gasteiger charge is -2.31. The average molecular weight is 398 g/mol. The molecule has 0 fully saturated rings. The summed E-state index contributed by atoms with van der Waals surface area (Å²) >= 11 is 5.41. The maximum atomic E-state index is 12.9. The molecule has 0 saturated carbocycles. The van der Waals surface area contributed by atoms with E-state index in [1.165, 1.54) is 0 Å². The first-order chi connectivity index (χ1) is 13.6. The molecular formula is C21H22N2O4S. The Kier molecular flexibility index (Phi) is 6.16. The van der Waals surface area contributed by atoms with Crippen LogP contribution in [-0.2, 0) is 9.53 Å². The zero-order valence-electron chi connectivity index (χ0n) is 15.9. The van der Waals surface area contributed by atoms with E-state index in [0.717, 1.165) is 11.1 Å². The third-order valence-electron chi connectivity index (χ3n) is 4.37. The number of rotatable bonds is 6. The number of esters is 1. The average Bonchev–Trinajstić information content (AvgIpc) is 2.73. The highest BCUT2D eigenvalue weighted by Crippen LogP contribution is 2.36. The minimum Gasteiger partial charge on any atom is -0.493 e. The second-order valence-corrected chi connectivity index (χ2v) is 6.43. The largest absolute Gasteiger partial charge is 0.493 e. The highest BCUT2D eigenvalue weighted by atomic mass is 32.1. The van der Waals surface area contributed by atoms with Crippen molar-refractivity contribution in [1.82, 2.24) is 10.6 Å². The Hall–Kier alpha value is -3.06. The Balaban J connectivity index is 2.17. The van der Waals surface area contributed by atoms with Crippen molar-refractivity contribution in [2.45, 2.75) is 13.0 Å². The molecule has 0 amide bonds. The van der Waals surface area contributed by atoms with Crippen molar-refractivity contribution in [2.75, 3.05) is 20.8 Å². The molecule has 0 radical (unpaired) electrons. The van der Waals surface area contributed by atoms with E-state index in [2.05, 4.69) is 10.6 Å². The maximum Gasteiger partial charge on any atom is 0.338 e. The molecule has 0 aromatic heterocycles. The van der Waals surface area contributed by atoms with Crippen LogP contribution >= 0.6 is 12.2 Å². The number of nitrogens with one attached hydrogen (secondary N) is 2. The Labute approximate surface area is 169 Å². The molecule has 2 N–H and O–H groups in total. The molecule has 1 aliphatic rings. The van der Waals surface area contributed by atoms with Crippen LogP contribution in [-0.4, -0.2) is 31.9 Å². The SMILES string of the molecule is CCOC(=O)C1=C(c2ccccc2)NC(=S)N[C@@H]1c1ccc(OC)c(OC)c1. The Morgan fingerprint density at radius 1 is 1.07 bits per heavy atom. The van der Waals surface area contributed by atoms with Crippen molar-refractivity contribution in [2.24, 2.45) is 0 Å². The Bertz CT molecular complexity index is 912. The summed E-state index contributed by atoms with van der Waals surface area (Å²) in [7, 11) is 3.15. The molecule has 0 aliphatic carbocycles. The van der Waals surface area contributed by atoms with Crippen LogP contribution in [0.25, 0.3) is 5.70 Å². The highest BCUT2D eigenvalue weighted by molar-refractivity contribution is 7.80. The van der Waals surface area contributed by atoms with Gasteiger partial charge in [-0.1, -0.05) is 36.4 Å². The van der Waals surface area contributed by atoms with Crippen molar-refractivity contribution in [3.8, 4) is 11.5 Å². The predicted molar refractivity (Wildman–Crippen MR) is 111 cm³/mol. The fourth-order valence-electron chi connectivity index (χ4n) is 3.11. The fraction of sp³-hybridized carbons (Fsp3) is 0.238. The number of thiocarbonyl (C=S) groups is 1. The molecule has 0 spiro atoms. The van der Waals surface area contributed by atoms with Crippen LogP contribution in [0.1, 0.15) is 24.1 Å². The molecule has 0 saturated heterocycles. The molecule has 7 heteroatoms. The molecule has 1 atom stereocenters. The van der Waals surface area contributed by atoms with Gasteiger partial charge in [-0.3, -0.25) is 0 Å². The maximum absolute atomic E-state index is 12.9. The quantitative estimate of drug-likeness (QED) is 0.572. The minimum atomic E-state index is -0.497. The predicted octanol–water partition coefficient (Wildman–Crippen LogP) is 3.20. The number of benzene rings is 2. The summed E-state index contributed by atoms with van der Waals surface area (Å²) in [6.45, 7) is 2.05. The standard InChI is InChI=1S/C21H22N2O4S/c1-4-27-20(24)17-18(13-8-6-5-7-9-13)22-21(28)23-19(17)14-10-11-15(25-2)16(12-14)26-3/h5-12,19H,4H2,1-3H3,(H2,22,23,28)/t19-/m1/s1. The summed E-state index contributed by atoms with van der Waals surface area (Å²) in [5.74, 6) is 0.757. The Morgan fingerprint density at radius 3 is 2.43 bits per heavy atom. The molecule has 0 bridgehead atoms.